The molecule has 1 unspecified atom stereocenters. The number of amides is 1. The molecule has 4 nitrogen and oxygen atoms in total. The summed E-state index contributed by atoms with van der Waals surface area (Å²) in [6.45, 7) is 7.63. The van der Waals surface area contributed by atoms with E-state index in [2.05, 4.69) is 24.4 Å². The van der Waals surface area contributed by atoms with Crippen molar-refractivity contribution in [1.82, 2.24) is 5.32 Å². The third-order valence-electron chi connectivity index (χ3n) is 6.20. The third kappa shape index (κ3) is 6.91. The fourth-order valence-electron chi connectivity index (χ4n) is 3.81. The molecule has 1 atom stereocenters. The van der Waals surface area contributed by atoms with Gasteiger partial charge >= 0.3 is 0 Å². The molecule has 1 aromatic rings. The fraction of sp³-hybridized carbons (Fsp3) is 0.696. The maximum atomic E-state index is 12.1. The summed E-state index contributed by atoms with van der Waals surface area (Å²) in [5, 5.41) is 2.73. The van der Waals surface area contributed by atoms with Crippen molar-refractivity contribution in [3.8, 4) is 0 Å². The number of hydrogen-bond acceptors (Lipinski definition) is 3. The van der Waals surface area contributed by atoms with Gasteiger partial charge in [0.25, 0.3) is 5.91 Å². The summed E-state index contributed by atoms with van der Waals surface area (Å²) in [7, 11) is -2.92. The molecule has 0 bridgehead atoms. The lowest BCUT2D eigenvalue weighted by atomic mass is 9.80. The number of carbonyl (C=O) groups excluding carboxylic acids is 1. The predicted molar refractivity (Wildman–Crippen MR) is 116 cm³/mol. The summed E-state index contributed by atoms with van der Waals surface area (Å²) in [6, 6.07) is 8.15. The summed E-state index contributed by atoms with van der Waals surface area (Å²) >= 11 is 0. The van der Waals surface area contributed by atoms with E-state index in [1.165, 1.54) is 5.56 Å². The van der Waals surface area contributed by atoms with E-state index in [4.69, 9.17) is 0 Å². The maximum Gasteiger partial charge on any atom is 0.251 e. The smallest absolute Gasteiger partial charge is 0.251 e. The van der Waals surface area contributed by atoms with Crippen LogP contribution in [-0.4, -0.2) is 31.4 Å². The third-order valence-corrected chi connectivity index (χ3v) is 8.57. The van der Waals surface area contributed by atoms with Crippen LogP contribution < -0.4 is 5.32 Å². The Morgan fingerprint density at radius 1 is 1.04 bits per heavy atom. The summed E-state index contributed by atoms with van der Waals surface area (Å²) in [5.74, 6) is 1.38. The van der Waals surface area contributed by atoms with Crippen molar-refractivity contribution in [2.75, 3.05) is 5.75 Å². The van der Waals surface area contributed by atoms with E-state index in [1.807, 2.05) is 19.1 Å². The molecule has 0 aliphatic heterocycles. The lowest BCUT2D eigenvalue weighted by Crippen LogP contribution is -2.31. The van der Waals surface area contributed by atoms with Gasteiger partial charge in [-0.25, -0.2) is 8.42 Å². The minimum atomic E-state index is -2.92. The first-order valence-corrected chi connectivity index (χ1v) is 12.5. The van der Waals surface area contributed by atoms with Crippen LogP contribution in [0.4, 0.5) is 0 Å². The zero-order valence-electron chi connectivity index (χ0n) is 17.9. The highest BCUT2D eigenvalue weighted by atomic mass is 32.2. The number of hydrogen-bond donors (Lipinski definition) is 1. The van der Waals surface area contributed by atoms with Gasteiger partial charge in [0.15, 0.2) is 9.84 Å². The molecular weight excluding hydrogens is 370 g/mol. The Morgan fingerprint density at radius 3 is 2.14 bits per heavy atom. The van der Waals surface area contributed by atoms with E-state index in [9.17, 15) is 13.2 Å². The average Bonchev–Trinajstić information content (AvgIpc) is 2.67. The summed E-state index contributed by atoms with van der Waals surface area (Å²) < 4.78 is 24.2. The Labute approximate surface area is 171 Å². The second-order valence-electron chi connectivity index (χ2n) is 8.78. The van der Waals surface area contributed by atoms with Crippen molar-refractivity contribution in [2.45, 2.75) is 83.9 Å². The Kier molecular flexibility index (Phi) is 8.54. The standard InChI is InChI=1S/C23H37NO3S/c1-5-18(4)24-23(25)22-14-12-20(13-15-22)7-6-19-8-10-21(11-9-19)16-28(26,27)17(2)3/h12-15,17-19,21H,5-11,16H2,1-4H3,(H,24,25). The van der Waals surface area contributed by atoms with Crippen molar-refractivity contribution < 1.29 is 13.2 Å². The zero-order valence-corrected chi connectivity index (χ0v) is 18.7. The van der Waals surface area contributed by atoms with E-state index >= 15 is 0 Å². The summed E-state index contributed by atoms with van der Waals surface area (Å²) in [5.41, 5.74) is 1.99. The predicted octanol–water partition coefficient (Wildman–Crippen LogP) is 4.78. The molecule has 0 saturated heterocycles. The first kappa shape index (κ1) is 22.9. The molecule has 0 aromatic heterocycles. The summed E-state index contributed by atoms with van der Waals surface area (Å²) in [6.07, 6.45) is 7.42. The minimum absolute atomic E-state index is 0.00410. The molecule has 28 heavy (non-hydrogen) atoms. The van der Waals surface area contributed by atoms with Crippen molar-refractivity contribution in [3.05, 3.63) is 35.4 Å². The number of rotatable bonds is 9. The minimum Gasteiger partial charge on any atom is -0.350 e. The van der Waals surface area contributed by atoms with Gasteiger partial charge in [0, 0.05) is 11.6 Å². The second kappa shape index (κ2) is 10.4. The van der Waals surface area contributed by atoms with Crippen LogP contribution in [0.5, 0.6) is 0 Å². The second-order valence-corrected chi connectivity index (χ2v) is 11.4. The highest BCUT2D eigenvalue weighted by Gasteiger charge is 2.27. The van der Waals surface area contributed by atoms with Crippen molar-refractivity contribution in [2.24, 2.45) is 11.8 Å². The molecule has 1 saturated carbocycles. The molecule has 0 heterocycles. The van der Waals surface area contributed by atoms with E-state index < -0.39 is 9.84 Å². The van der Waals surface area contributed by atoms with Gasteiger partial charge in [-0.1, -0.05) is 31.9 Å². The van der Waals surface area contributed by atoms with Gasteiger partial charge in [-0.05, 0) is 82.4 Å². The molecule has 2 rings (SSSR count). The van der Waals surface area contributed by atoms with Crippen LogP contribution in [0.3, 0.4) is 0 Å². The quantitative estimate of drug-likeness (QED) is 0.641. The number of carbonyl (C=O) groups is 1. The van der Waals surface area contributed by atoms with Crippen LogP contribution in [0.15, 0.2) is 24.3 Å². The topological polar surface area (TPSA) is 63.2 Å². The van der Waals surface area contributed by atoms with Gasteiger partial charge < -0.3 is 5.32 Å². The molecule has 1 N–H and O–H groups in total. The molecule has 1 aliphatic rings. The monoisotopic (exact) mass is 407 g/mol. The van der Waals surface area contributed by atoms with Gasteiger partial charge in [-0.3, -0.25) is 4.79 Å². The van der Waals surface area contributed by atoms with Crippen molar-refractivity contribution in [3.63, 3.8) is 0 Å². The van der Waals surface area contributed by atoms with Gasteiger partial charge in [-0.15, -0.1) is 0 Å². The molecule has 0 spiro atoms. The number of sulfone groups is 1. The first-order chi connectivity index (χ1) is 13.2. The van der Waals surface area contributed by atoms with Crippen LogP contribution in [-0.2, 0) is 16.3 Å². The Morgan fingerprint density at radius 2 is 1.61 bits per heavy atom. The highest BCUT2D eigenvalue weighted by Crippen LogP contribution is 2.33. The van der Waals surface area contributed by atoms with E-state index in [0.717, 1.165) is 50.5 Å². The van der Waals surface area contributed by atoms with Gasteiger partial charge in [0.2, 0.25) is 0 Å². The van der Waals surface area contributed by atoms with E-state index in [0.29, 0.717) is 17.6 Å². The van der Waals surface area contributed by atoms with Crippen LogP contribution in [0.2, 0.25) is 0 Å². The SMILES string of the molecule is CCC(C)NC(=O)c1ccc(CCC2CCC(CS(=O)(=O)C(C)C)CC2)cc1. The van der Waals surface area contributed by atoms with Crippen LogP contribution in [0, 0.1) is 11.8 Å². The first-order valence-electron chi connectivity index (χ1n) is 10.8. The molecule has 1 fully saturated rings. The average molecular weight is 408 g/mol. The molecule has 1 aromatic carbocycles. The Bertz CT molecular complexity index is 717. The number of benzene rings is 1. The van der Waals surface area contributed by atoms with Crippen LogP contribution in [0.25, 0.3) is 0 Å². The van der Waals surface area contributed by atoms with Gasteiger partial charge in [-0.2, -0.15) is 0 Å². The molecule has 158 valence electrons. The maximum absolute atomic E-state index is 12.1. The van der Waals surface area contributed by atoms with Gasteiger partial charge in [0.1, 0.15) is 0 Å². The zero-order chi connectivity index (χ0) is 20.7. The summed E-state index contributed by atoms with van der Waals surface area (Å²) in [4.78, 5) is 12.1. The number of aryl methyl sites for hydroxylation is 1. The number of nitrogens with one attached hydrogen (secondary N) is 1. The highest BCUT2D eigenvalue weighted by molar-refractivity contribution is 7.91. The molecular formula is C23H37NO3S. The Hall–Kier alpha value is -1.36. The van der Waals surface area contributed by atoms with Crippen LogP contribution in [0.1, 0.15) is 82.1 Å². The lowest BCUT2D eigenvalue weighted by molar-refractivity contribution is 0.0939. The van der Waals surface area contributed by atoms with Crippen molar-refractivity contribution in [1.29, 1.82) is 0 Å². The largest absolute Gasteiger partial charge is 0.350 e. The van der Waals surface area contributed by atoms with Crippen molar-refractivity contribution >= 4 is 15.7 Å². The normalized spacial score (nSPS) is 21.5. The Balaban J connectivity index is 1.76. The molecule has 5 heteroatoms. The van der Waals surface area contributed by atoms with Gasteiger partial charge in [0.05, 0.1) is 11.0 Å². The molecule has 1 aliphatic carbocycles. The molecule has 0 radical (unpaired) electrons. The van der Waals surface area contributed by atoms with Crippen LogP contribution >= 0.6 is 0 Å². The molecule has 1 amide bonds. The van der Waals surface area contributed by atoms with E-state index in [-0.39, 0.29) is 17.2 Å². The van der Waals surface area contributed by atoms with E-state index in [1.54, 1.807) is 13.8 Å². The fourth-order valence-corrected chi connectivity index (χ4v) is 5.19. The lowest BCUT2D eigenvalue weighted by Gasteiger charge is -2.28.